The van der Waals surface area contributed by atoms with Crippen LogP contribution in [0.4, 0.5) is 0 Å². The molecule has 124 valence electrons. The Labute approximate surface area is 165 Å². The average Bonchev–Trinajstić information content (AvgIpc) is 2.10. The molecule has 0 aromatic rings. The predicted octanol–water partition coefficient (Wildman–Crippen LogP) is 3.11. The molecule has 7 heteroatoms. The van der Waals surface area contributed by atoms with Crippen LogP contribution >= 0.6 is 0 Å². The first-order valence-electron chi connectivity index (χ1n) is 6.02. The van der Waals surface area contributed by atoms with Crippen LogP contribution in [0.1, 0.15) is 41.5 Å². The van der Waals surface area contributed by atoms with Crippen LogP contribution < -0.4 is 0 Å². The van der Waals surface area contributed by atoms with Crippen LogP contribution in [0.25, 0.3) is 0 Å². The van der Waals surface area contributed by atoms with Crippen molar-refractivity contribution in [1.82, 2.24) is 0 Å². The molecule has 0 unspecified atom stereocenters. The molecule has 0 aliphatic heterocycles. The molecule has 6 nitrogen and oxygen atoms in total. The van der Waals surface area contributed by atoms with Gasteiger partial charge in [-0.2, -0.15) is 0 Å². The second kappa shape index (κ2) is 18.1. The van der Waals surface area contributed by atoms with Crippen LogP contribution in [0.5, 0.6) is 0 Å². The van der Waals surface area contributed by atoms with E-state index in [2.05, 4.69) is 0 Å². The van der Waals surface area contributed by atoms with E-state index in [-0.39, 0.29) is 76.4 Å². The molecular weight excluding hydrogens is 416 g/mol. The SMILES string of the molecule is CC(=O)/C=C(/C)O.CC(=O)/C=C(/C)O.CC(=O)/C=C(/C)O.[Ce]. The summed E-state index contributed by atoms with van der Waals surface area (Å²) in [5.41, 5.74) is 0. The van der Waals surface area contributed by atoms with Crippen molar-refractivity contribution < 1.29 is 71.5 Å². The van der Waals surface area contributed by atoms with Gasteiger partial charge in [0.2, 0.25) is 0 Å². The molecule has 0 spiro atoms. The van der Waals surface area contributed by atoms with E-state index in [1.807, 2.05) is 0 Å². The Hall–Kier alpha value is -0.993. The average molecular weight is 440 g/mol. The number of aliphatic hydroxyl groups is 3. The summed E-state index contributed by atoms with van der Waals surface area (Å²) >= 11 is 0. The second-order valence-corrected chi connectivity index (χ2v) is 4.19. The van der Waals surface area contributed by atoms with E-state index in [4.69, 9.17) is 15.3 Å². The molecule has 22 heavy (non-hydrogen) atoms. The third-order valence-electron chi connectivity index (χ3n) is 1.24. The van der Waals surface area contributed by atoms with Crippen LogP contribution in [0.3, 0.4) is 0 Å². The Kier molecular flexibility index (Phi) is 23.9. The molecule has 0 aromatic carbocycles. The van der Waals surface area contributed by atoms with Crippen molar-refractivity contribution in [3.63, 3.8) is 0 Å². The largest absolute Gasteiger partial charge is 0.512 e. The number of rotatable bonds is 3. The van der Waals surface area contributed by atoms with Gasteiger partial charge in [0.15, 0.2) is 17.3 Å². The Bertz CT molecular complexity index is 368. The molecule has 0 aliphatic rings. The van der Waals surface area contributed by atoms with Crippen LogP contribution in [0, 0.1) is 41.7 Å². The molecule has 0 heterocycles. The number of carbonyl (C=O) groups is 3. The van der Waals surface area contributed by atoms with Gasteiger partial charge in [-0.15, -0.1) is 0 Å². The summed E-state index contributed by atoms with van der Waals surface area (Å²) < 4.78 is 0. The molecule has 0 amide bonds. The fourth-order valence-corrected chi connectivity index (χ4v) is 0.882. The quantitative estimate of drug-likeness (QED) is 0.459. The number of allylic oxidation sites excluding steroid dienone is 6. The van der Waals surface area contributed by atoms with Gasteiger partial charge in [0.25, 0.3) is 0 Å². The second-order valence-electron chi connectivity index (χ2n) is 4.19. The first-order chi connectivity index (χ1) is 9.38. The smallest absolute Gasteiger partial charge is 0.155 e. The van der Waals surface area contributed by atoms with E-state index < -0.39 is 0 Å². The molecule has 0 fully saturated rings. The monoisotopic (exact) mass is 440 g/mol. The summed E-state index contributed by atoms with van der Waals surface area (Å²) in [6, 6.07) is 0. The molecule has 0 radical (unpaired) electrons. The Morgan fingerprint density at radius 2 is 0.682 bits per heavy atom. The molecule has 0 aliphatic carbocycles. The third-order valence-corrected chi connectivity index (χ3v) is 1.24. The maximum absolute atomic E-state index is 10.0. The zero-order valence-electron chi connectivity index (χ0n) is 13.8. The zero-order valence-corrected chi connectivity index (χ0v) is 16.9. The summed E-state index contributed by atoms with van der Waals surface area (Å²) in [6.45, 7) is 8.54. The minimum atomic E-state index is -0.125. The first kappa shape index (κ1) is 29.1. The van der Waals surface area contributed by atoms with Gasteiger partial charge in [-0.3, -0.25) is 14.4 Å². The molecule has 0 bridgehead atoms. The maximum Gasteiger partial charge on any atom is 0.155 e. The molecule has 0 aromatic heterocycles. The van der Waals surface area contributed by atoms with E-state index in [1.54, 1.807) is 0 Å². The Morgan fingerprint density at radius 3 is 0.682 bits per heavy atom. The van der Waals surface area contributed by atoms with Crippen molar-refractivity contribution in [2.45, 2.75) is 41.5 Å². The van der Waals surface area contributed by atoms with Crippen molar-refractivity contribution in [1.29, 1.82) is 0 Å². The van der Waals surface area contributed by atoms with Gasteiger partial charge in [0.05, 0.1) is 17.3 Å². The minimum absolute atomic E-state index is 0. The van der Waals surface area contributed by atoms with Crippen molar-refractivity contribution in [2.75, 3.05) is 0 Å². The zero-order chi connectivity index (χ0) is 17.6. The maximum atomic E-state index is 10.0. The normalized spacial score (nSPS) is 10.9. The van der Waals surface area contributed by atoms with Gasteiger partial charge < -0.3 is 15.3 Å². The van der Waals surface area contributed by atoms with E-state index in [1.165, 1.54) is 59.8 Å². The summed E-state index contributed by atoms with van der Waals surface area (Å²) in [7, 11) is 0. The van der Waals surface area contributed by atoms with Gasteiger partial charge in [-0.25, -0.2) is 0 Å². The first-order valence-corrected chi connectivity index (χ1v) is 6.02. The van der Waals surface area contributed by atoms with Crippen molar-refractivity contribution in [3.8, 4) is 0 Å². The third kappa shape index (κ3) is 50.9. The molecule has 0 saturated heterocycles. The molecule has 0 saturated carbocycles. The molecule has 0 rings (SSSR count). The van der Waals surface area contributed by atoms with Crippen molar-refractivity contribution in [3.05, 3.63) is 35.5 Å². The fourth-order valence-electron chi connectivity index (χ4n) is 0.882. The topological polar surface area (TPSA) is 112 Å². The Morgan fingerprint density at radius 1 is 0.545 bits per heavy atom. The van der Waals surface area contributed by atoms with Crippen molar-refractivity contribution in [2.24, 2.45) is 0 Å². The fraction of sp³-hybridized carbons (Fsp3) is 0.400. The van der Waals surface area contributed by atoms with Gasteiger partial charge in [-0.1, -0.05) is 0 Å². The summed E-state index contributed by atoms with van der Waals surface area (Å²) in [6.07, 6.45) is 3.50. The van der Waals surface area contributed by atoms with Gasteiger partial charge in [-0.05, 0) is 41.5 Å². The Balaban J connectivity index is -0.000000108. The number of aliphatic hydroxyl groups excluding tert-OH is 3. The van der Waals surface area contributed by atoms with Gasteiger partial charge in [0.1, 0.15) is 0 Å². The van der Waals surface area contributed by atoms with Crippen LogP contribution in [-0.2, 0) is 14.4 Å². The standard InChI is InChI=1S/3C5H8O2.Ce/c3*1-4(6)3-5(2)7;/h3*3,6H,1-2H3;/b3*4-3-;. The van der Waals surface area contributed by atoms with Crippen LogP contribution in [0.15, 0.2) is 35.5 Å². The molecular formula is C15H24CeO6. The summed E-state index contributed by atoms with van der Waals surface area (Å²) in [4.78, 5) is 30.1. The van der Waals surface area contributed by atoms with Crippen LogP contribution in [0.2, 0.25) is 0 Å². The number of hydrogen-bond donors (Lipinski definition) is 3. The number of carbonyl (C=O) groups excluding carboxylic acids is 3. The molecule has 0 atom stereocenters. The van der Waals surface area contributed by atoms with E-state index in [0.29, 0.717) is 0 Å². The van der Waals surface area contributed by atoms with Gasteiger partial charge >= 0.3 is 0 Å². The summed E-state index contributed by atoms with van der Waals surface area (Å²) in [5.74, 6) is -0.187. The molecule has 3 N–H and O–H groups in total. The van der Waals surface area contributed by atoms with E-state index in [0.717, 1.165) is 0 Å². The van der Waals surface area contributed by atoms with Gasteiger partial charge in [0, 0.05) is 60.0 Å². The summed E-state index contributed by atoms with van der Waals surface area (Å²) in [5, 5.41) is 25.1. The number of hydrogen-bond acceptors (Lipinski definition) is 6. The number of ketones is 3. The minimum Gasteiger partial charge on any atom is -0.512 e. The van der Waals surface area contributed by atoms with Crippen LogP contribution in [-0.4, -0.2) is 32.7 Å². The van der Waals surface area contributed by atoms with E-state index in [9.17, 15) is 14.4 Å². The predicted molar refractivity (Wildman–Crippen MR) is 81.2 cm³/mol. The van der Waals surface area contributed by atoms with E-state index >= 15 is 0 Å². The van der Waals surface area contributed by atoms with Crippen molar-refractivity contribution >= 4 is 17.3 Å².